The summed E-state index contributed by atoms with van der Waals surface area (Å²) in [4.78, 5) is 4.41. The van der Waals surface area contributed by atoms with E-state index in [1.54, 1.807) is 7.11 Å². The van der Waals surface area contributed by atoms with E-state index in [9.17, 15) is 0 Å². The normalized spacial score (nSPS) is 12.3. The second kappa shape index (κ2) is 7.10. The fourth-order valence-corrected chi connectivity index (χ4v) is 2.44. The molecule has 1 heterocycles. The first kappa shape index (κ1) is 14.6. The van der Waals surface area contributed by atoms with Gasteiger partial charge in [0.25, 0.3) is 0 Å². The van der Waals surface area contributed by atoms with Crippen molar-refractivity contribution < 1.29 is 4.74 Å². The number of ether oxygens (including phenoxy) is 1. The average Bonchev–Trinajstić information content (AvgIpc) is 2.87. The number of imidazole rings is 1. The molecule has 0 fully saturated rings. The topological polar surface area (TPSA) is 53.1 Å². The molecule has 0 amide bonds. The Kier molecular flexibility index (Phi) is 5.18. The Morgan fingerprint density at radius 1 is 1.30 bits per heavy atom. The molecule has 20 heavy (non-hydrogen) atoms. The highest BCUT2D eigenvalue weighted by Crippen LogP contribution is 2.19. The van der Waals surface area contributed by atoms with Crippen molar-refractivity contribution in [2.24, 2.45) is 5.73 Å². The number of nitrogens with zero attached hydrogens (tertiary/aromatic N) is 2. The molecule has 2 N–H and O–H groups in total. The number of aryl methyl sites for hydroxylation is 1. The zero-order valence-electron chi connectivity index (χ0n) is 12.2. The van der Waals surface area contributed by atoms with Crippen LogP contribution in [0.25, 0.3) is 0 Å². The lowest BCUT2D eigenvalue weighted by Crippen LogP contribution is -2.27. The number of hydrogen-bond donors (Lipinski definition) is 1. The van der Waals surface area contributed by atoms with Crippen molar-refractivity contribution >= 4 is 0 Å². The first-order valence-corrected chi connectivity index (χ1v) is 7.12. The highest BCUT2D eigenvalue weighted by Gasteiger charge is 2.12. The van der Waals surface area contributed by atoms with E-state index in [2.05, 4.69) is 22.5 Å². The van der Waals surface area contributed by atoms with Crippen LogP contribution in [0.2, 0.25) is 0 Å². The van der Waals surface area contributed by atoms with Gasteiger partial charge in [0.1, 0.15) is 11.6 Å². The summed E-state index contributed by atoms with van der Waals surface area (Å²) in [5, 5.41) is 0. The van der Waals surface area contributed by atoms with Crippen LogP contribution < -0.4 is 10.5 Å². The van der Waals surface area contributed by atoms with Gasteiger partial charge >= 0.3 is 0 Å². The molecule has 0 spiro atoms. The van der Waals surface area contributed by atoms with Crippen molar-refractivity contribution in [1.29, 1.82) is 0 Å². The lowest BCUT2D eigenvalue weighted by molar-refractivity contribution is 0.407. The summed E-state index contributed by atoms with van der Waals surface area (Å²) < 4.78 is 7.55. The maximum atomic E-state index is 6.28. The van der Waals surface area contributed by atoms with E-state index in [1.165, 1.54) is 0 Å². The molecular weight excluding hydrogens is 250 g/mol. The van der Waals surface area contributed by atoms with Gasteiger partial charge in [-0.05, 0) is 24.5 Å². The zero-order chi connectivity index (χ0) is 14.4. The van der Waals surface area contributed by atoms with Crippen LogP contribution in [0.3, 0.4) is 0 Å². The van der Waals surface area contributed by atoms with E-state index >= 15 is 0 Å². The Hall–Kier alpha value is -1.81. The largest absolute Gasteiger partial charge is 0.496 e. The van der Waals surface area contributed by atoms with Crippen molar-refractivity contribution in [3.63, 3.8) is 0 Å². The van der Waals surface area contributed by atoms with Crippen molar-refractivity contribution in [1.82, 2.24) is 9.55 Å². The molecule has 0 bridgehead atoms. The van der Waals surface area contributed by atoms with Crippen molar-refractivity contribution in [3.8, 4) is 5.75 Å². The minimum absolute atomic E-state index is 0.0457. The summed E-state index contributed by atoms with van der Waals surface area (Å²) in [5.74, 6) is 1.97. The molecule has 1 aromatic carbocycles. The third-order valence-corrected chi connectivity index (χ3v) is 3.39. The van der Waals surface area contributed by atoms with Gasteiger partial charge in [0.2, 0.25) is 0 Å². The molecule has 1 aromatic heterocycles. The second-order valence-electron chi connectivity index (χ2n) is 5.02. The standard InChI is InChI=1S/C16H23N3O/c1-3-9-19-10-8-18-16(19)12-14(17)11-13-6-4-5-7-15(13)20-2/h4-8,10,14H,3,9,11-12,17H2,1-2H3. The predicted octanol–water partition coefficient (Wildman–Crippen LogP) is 2.41. The Morgan fingerprint density at radius 3 is 2.85 bits per heavy atom. The number of nitrogens with two attached hydrogens (primary N) is 1. The minimum Gasteiger partial charge on any atom is -0.496 e. The zero-order valence-corrected chi connectivity index (χ0v) is 12.2. The van der Waals surface area contributed by atoms with Crippen LogP contribution in [0.5, 0.6) is 5.75 Å². The van der Waals surface area contributed by atoms with Crippen LogP contribution >= 0.6 is 0 Å². The van der Waals surface area contributed by atoms with Gasteiger partial charge in [-0.3, -0.25) is 0 Å². The Bertz CT molecular complexity index is 536. The number of para-hydroxylation sites is 1. The molecular formula is C16H23N3O. The number of benzene rings is 1. The first-order valence-electron chi connectivity index (χ1n) is 7.12. The van der Waals surface area contributed by atoms with E-state index in [-0.39, 0.29) is 6.04 Å². The SMILES string of the molecule is CCCn1ccnc1CC(N)Cc1ccccc1OC. The van der Waals surface area contributed by atoms with Gasteiger partial charge in [-0.25, -0.2) is 4.98 Å². The number of hydrogen-bond acceptors (Lipinski definition) is 3. The quantitative estimate of drug-likeness (QED) is 0.843. The lowest BCUT2D eigenvalue weighted by Gasteiger charge is -2.15. The highest BCUT2D eigenvalue weighted by atomic mass is 16.5. The fourth-order valence-electron chi connectivity index (χ4n) is 2.44. The van der Waals surface area contributed by atoms with Crippen LogP contribution in [0.1, 0.15) is 24.7 Å². The van der Waals surface area contributed by atoms with Crippen LogP contribution in [0, 0.1) is 0 Å². The fraction of sp³-hybridized carbons (Fsp3) is 0.438. The number of methoxy groups -OCH3 is 1. The van der Waals surface area contributed by atoms with Gasteiger partial charge in [-0.2, -0.15) is 0 Å². The molecule has 108 valence electrons. The molecule has 2 aromatic rings. The van der Waals surface area contributed by atoms with Gasteiger partial charge < -0.3 is 15.0 Å². The van der Waals surface area contributed by atoms with Crippen LogP contribution in [-0.4, -0.2) is 22.7 Å². The first-order chi connectivity index (χ1) is 9.74. The maximum absolute atomic E-state index is 6.28. The van der Waals surface area contributed by atoms with Crippen LogP contribution in [-0.2, 0) is 19.4 Å². The molecule has 1 unspecified atom stereocenters. The molecule has 1 atom stereocenters. The summed E-state index contributed by atoms with van der Waals surface area (Å²) >= 11 is 0. The predicted molar refractivity (Wildman–Crippen MR) is 80.9 cm³/mol. The third-order valence-electron chi connectivity index (χ3n) is 3.39. The smallest absolute Gasteiger partial charge is 0.122 e. The summed E-state index contributed by atoms with van der Waals surface area (Å²) in [5.41, 5.74) is 7.43. The van der Waals surface area contributed by atoms with E-state index in [1.807, 2.05) is 30.6 Å². The minimum atomic E-state index is 0.0457. The third kappa shape index (κ3) is 3.61. The van der Waals surface area contributed by atoms with Gasteiger partial charge in [0.05, 0.1) is 7.11 Å². The summed E-state index contributed by atoms with van der Waals surface area (Å²) in [6.45, 7) is 3.16. The molecule has 0 radical (unpaired) electrons. The van der Waals surface area contributed by atoms with E-state index in [0.717, 1.165) is 42.9 Å². The Morgan fingerprint density at radius 2 is 2.10 bits per heavy atom. The number of rotatable bonds is 7. The molecule has 4 nitrogen and oxygen atoms in total. The van der Waals surface area contributed by atoms with Gasteiger partial charge in [-0.15, -0.1) is 0 Å². The molecule has 0 saturated heterocycles. The van der Waals surface area contributed by atoms with Gasteiger partial charge in [0, 0.05) is 31.4 Å². The van der Waals surface area contributed by atoms with Crippen molar-refractivity contribution in [2.45, 2.75) is 38.8 Å². The number of aromatic nitrogens is 2. The molecule has 2 rings (SSSR count). The van der Waals surface area contributed by atoms with E-state index in [0.29, 0.717) is 0 Å². The molecule has 0 aliphatic heterocycles. The highest BCUT2D eigenvalue weighted by molar-refractivity contribution is 5.33. The van der Waals surface area contributed by atoms with Crippen molar-refractivity contribution in [2.75, 3.05) is 7.11 Å². The lowest BCUT2D eigenvalue weighted by atomic mass is 10.0. The average molecular weight is 273 g/mol. The van der Waals surface area contributed by atoms with E-state index in [4.69, 9.17) is 10.5 Å². The maximum Gasteiger partial charge on any atom is 0.122 e. The second-order valence-corrected chi connectivity index (χ2v) is 5.02. The van der Waals surface area contributed by atoms with Gasteiger partial charge in [-0.1, -0.05) is 25.1 Å². The summed E-state index contributed by atoms with van der Waals surface area (Å²) in [6.07, 6.45) is 6.55. The Balaban J connectivity index is 2.01. The van der Waals surface area contributed by atoms with Crippen molar-refractivity contribution in [3.05, 3.63) is 48.0 Å². The molecule has 0 aliphatic carbocycles. The summed E-state index contributed by atoms with van der Waals surface area (Å²) in [6, 6.07) is 8.08. The molecule has 0 saturated carbocycles. The summed E-state index contributed by atoms with van der Waals surface area (Å²) in [7, 11) is 1.69. The molecule has 4 heteroatoms. The van der Waals surface area contributed by atoms with Crippen LogP contribution in [0.15, 0.2) is 36.7 Å². The Labute approximate surface area is 120 Å². The van der Waals surface area contributed by atoms with Gasteiger partial charge in [0.15, 0.2) is 0 Å². The van der Waals surface area contributed by atoms with E-state index < -0.39 is 0 Å². The monoisotopic (exact) mass is 273 g/mol. The molecule has 0 aliphatic rings. The van der Waals surface area contributed by atoms with Crippen LogP contribution in [0.4, 0.5) is 0 Å².